The number of aromatic nitrogens is 1. The molecule has 0 aliphatic carbocycles. The minimum atomic E-state index is 0.488. The van der Waals surface area contributed by atoms with E-state index < -0.39 is 0 Å². The zero-order valence-electron chi connectivity index (χ0n) is 12.9. The molecule has 5 nitrogen and oxygen atoms in total. The number of ether oxygens (including phenoxy) is 1. The zero-order valence-corrected chi connectivity index (χ0v) is 12.9. The van der Waals surface area contributed by atoms with E-state index in [1.165, 1.54) is 6.26 Å². The fourth-order valence-corrected chi connectivity index (χ4v) is 1.71. The van der Waals surface area contributed by atoms with Crippen LogP contribution in [0.3, 0.4) is 0 Å². The van der Waals surface area contributed by atoms with E-state index in [9.17, 15) is 0 Å². The van der Waals surface area contributed by atoms with Crippen LogP contribution in [0.1, 0.15) is 31.5 Å². The normalized spacial score (nSPS) is 11.3. The fourth-order valence-electron chi connectivity index (χ4n) is 1.71. The first kappa shape index (κ1) is 15.8. The number of hydrogen-bond acceptors (Lipinski definition) is 5. The second-order valence-corrected chi connectivity index (χ2v) is 4.66. The Balaban J connectivity index is 2.14. The van der Waals surface area contributed by atoms with Gasteiger partial charge in [0.05, 0.1) is 0 Å². The molecular weight excluding hydrogens is 280 g/mol. The summed E-state index contributed by atoms with van der Waals surface area (Å²) in [6.07, 6.45) is 2.42. The number of oxime groups is 1. The van der Waals surface area contributed by atoms with Gasteiger partial charge in [0.1, 0.15) is 36.6 Å². The summed E-state index contributed by atoms with van der Waals surface area (Å²) in [6, 6.07) is 9.35. The van der Waals surface area contributed by atoms with Crippen LogP contribution in [-0.2, 0) is 4.84 Å². The van der Waals surface area contributed by atoms with E-state index in [-0.39, 0.29) is 0 Å². The highest BCUT2D eigenvalue weighted by Crippen LogP contribution is 2.16. The minimum Gasteiger partial charge on any atom is -0.489 e. The van der Waals surface area contributed by atoms with Gasteiger partial charge in [0, 0.05) is 11.6 Å². The van der Waals surface area contributed by atoms with Crippen LogP contribution in [0.2, 0.25) is 0 Å². The summed E-state index contributed by atoms with van der Waals surface area (Å²) in [5.41, 5.74) is 3.19. The molecule has 1 heterocycles. The Labute approximate surface area is 130 Å². The van der Waals surface area contributed by atoms with Crippen LogP contribution < -0.4 is 4.74 Å². The molecule has 2 aromatic rings. The van der Waals surface area contributed by atoms with Gasteiger partial charge in [0.2, 0.25) is 0 Å². The molecule has 1 aromatic heterocycles. The Bertz CT molecular complexity index is 616. The van der Waals surface area contributed by atoms with Crippen LogP contribution in [0.4, 0.5) is 0 Å². The first-order chi connectivity index (χ1) is 10.7. The summed E-state index contributed by atoms with van der Waals surface area (Å²) in [5.74, 6) is 0.786. The van der Waals surface area contributed by atoms with Crippen LogP contribution in [0, 0.1) is 0 Å². The molecule has 0 fully saturated rings. The lowest BCUT2D eigenvalue weighted by atomic mass is 10.1. The first-order valence-corrected chi connectivity index (χ1v) is 7.25. The summed E-state index contributed by atoms with van der Waals surface area (Å²) >= 11 is 0. The third kappa shape index (κ3) is 4.22. The lowest BCUT2D eigenvalue weighted by molar-refractivity contribution is 0.159. The van der Waals surface area contributed by atoms with Gasteiger partial charge in [0.25, 0.3) is 0 Å². The summed E-state index contributed by atoms with van der Waals surface area (Å²) in [6.45, 7) is 8.87. The van der Waals surface area contributed by atoms with Crippen molar-refractivity contribution in [1.82, 2.24) is 5.16 Å². The summed E-state index contributed by atoms with van der Waals surface area (Å²) in [7, 11) is 0. The molecule has 0 unspecified atom stereocenters. The first-order valence-electron chi connectivity index (χ1n) is 7.25. The summed E-state index contributed by atoms with van der Waals surface area (Å²) in [4.78, 5) is 5.16. The van der Waals surface area contributed by atoms with E-state index in [0.29, 0.717) is 24.6 Å². The quantitative estimate of drug-likeness (QED) is 0.422. The molecule has 116 valence electrons. The molecule has 0 saturated carbocycles. The van der Waals surface area contributed by atoms with Crippen LogP contribution in [0.25, 0.3) is 0 Å². The average molecular weight is 300 g/mol. The van der Waals surface area contributed by atoms with Gasteiger partial charge < -0.3 is 14.1 Å². The lowest BCUT2D eigenvalue weighted by Gasteiger charge is -2.08. The molecule has 0 amide bonds. The van der Waals surface area contributed by atoms with Crippen LogP contribution >= 0.6 is 0 Å². The van der Waals surface area contributed by atoms with Crippen molar-refractivity contribution < 1.29 is 14.1 Å². The molecule has 2 rings (SSSR count). The van der Waals surface area contributed by atoms with Gasteiger partial charge in [0.15, 0.2) is 0 Å². The van der Waals surface area contributed by atoms with Gasteiger partial charge in [-0.2, -0.15) is 0 Å². The highest BCUT2D eigenvalue weighted by Gasteiger charge is 2.11. The van der Waals surface area contributed by atoms with Crippen LogP contribution in [0.15, 0.2) is 58.4 Å². The molecule has 5 heteroatoms. The molecule has 0 aliphatic heterocycles. The molecular formula is C17H20N2O3. The molecule has 0 saturated heterocycles. The van der Waals surface area contributed by atoms with E-state index in [0.717, 1.165) is 23.3 Å². The molecule has 0 radical (unpaired) electrons. The third-order valence-corrected chi connectivity index (χ3v) is 3.04. The van der Waals surface area contributed by atoms with Gasteiger partial charge in [-0.05, 0) is 43.2 Å². The third-order valence-electron chi connectivity index (χ3n) is 3.04. The van der Waals surface area contributed by atoms with Crippen molar-refractivity contribution in [2.24, 2.45) is 5.16 Å². The van der Waals surface area contributed by atoms with Crippen LogP contribution in [-0.4, -0.2) is 24.1 Å². The lowest BCUT2D eigenvalue weighted by Crippen LogP contribution is -2.05. The molecule has 0 spiro atoms. The Morgan fingerprint density at radius 1 is 1.23 bits per heavy atom. The second kappa shape index (κ2) is 8.02. The summed E-state index contributed by atoms with van der Waals surface area (Å²) < 4.78 is 10.5. The van der Waals surface area contributed by atoms with E-state index in [4.69, 9.17) is 14.1 Å². The predicted octanol–water partition coefficient (Wildman–Crippen LogP) is 3.81. The molecule has 22 heavy (non-hydrogen) atoms. The van der Waals surface area contributed by atoms with Crippen molar-refractivity contribution >= 4 is 5.71 Å². The van der Waals surface area contributed by atoms with E-state index in [2.05, 4.69) is 23.8 Å². The predicted molar refractivity (Wildman–Crippen MR) is 85.1 cm³/mol. The largest absolute Gasteiger partial charge is 0.489 e. The average Bonchev–Trinajstić information content (AvgIpc) is 3.08. The molecule has 0 bridgehead atoms. The van der Waals surface area contributed by atoms with Crippen molar-refractivity contribution in [2.45, 2.75) is 20.3 Å². The maximum atomic E-state index is 5.66. The maximum Gasteiger partial charge on any atom is 0.139 e. The highest BCUT2D eigenvalue weighted by molar-refractivity contribution is 6.11. The van der Waals surface area contributed by atoms with Gasteiger partial charge in [-0.1, -0.05) is 23.8 Å². The zero-order chi connectivity index (χ0) is 15.8. The Hall–Kier alpha value is -2.56. The smallest absolute Gasteiger partial charge is 0.139 e. The molecule has 1 aromatic carbocycles. The van der Waals surface area contributed by atoms with Crippen LogP contribution in [0.5, 0.6) is 5.75 Å². The number of rotatable bonds is 8. The van der Waals surface area contributed by atoms with Gasteiger partial charge >= 0.3 is 0 Å². The Morgan fingerprint density at radius 3 is 2.59 bits per heavy atom. The Kier molecular flexibility index (Phi) is 5.77. The van der Waals surface area contributed by atoms with Crippen molar-refractivity contribution in [3.8, 4) is 5.75 Å². The molecule has 0 aliphatic rings. The minimum absolute atomic E-state index is 0.488. The van der Waals surface area contributed by atoms with Crippen molar-refractivity contribution in [2.75, 3.05) is 13.2 Å². The van der Waals surface area contributed by atoms with Crippen molar-refractivity contribution in [1.29, 1.82) is 0 Å². The van der Waals surface area contributed by atoms with Crippen molar-refractivity contribution in [3.63, 3.8) is 0 Å². The molecule has 0 atom stereocenters. The van der Waals surface area contributed by atoms with Gasteiger partial charge in [-0.3, -0.25) is 0 Å². The second-order valence-electron chi connectivity index (χ2n) is 4.66. The molecule has 0 N–H and O–H groups in total. The van der Waals surface area contributed by atoms with Gasteiger partial charge in [-0.25, -0.2) is 0 Å². The fraction of sp³-hybridized carbons (Fsp3) is 0.294. The van der Waals surface area contributed by atoms with E-state index in [1.54, 1.807) is 6.07 Å². The summed E-state index contributed by atoms with van der Waals surface area (Å²) in [5, 5.41) is 8.02. The monoisotopic (exact) mass is 300 g/mol. The maximum absolute atomic E-state index is 5.66. The number of benzene rings is 1. The number of nitrogens with zero attached hydrogens (tertiary/aromatic N) is 2. The Morgan fingerprint density at radius 2 is 2.00 bits per heavy atom. The standard InChI is InChI=1S/C17H20N2O3/c1-4-13(3)12-20-15-8-6-14(7-9-15)17(19-21-5-2)16-10-11-22-18-16/h6-11H,3-5,12H2,1-2H3/b19-17+. The van der Waals surface area contributed by atoms with E-state index in [1.807, 2.05) is 31.2 Å². The SMILES string of the molecule is C=C(CC)COc1ccc(/C(=N\OCC)c2ccon2)cc1. The van der Waals surface area contributed by atoms with Gasteiger partial charge in [-0.15, -0.1) is 0 Å². The number of hydrogen-bond donors (Lipinski definition) is 0. The van der Waals surface area contributed by atoms with E-state index >= 15 is 0 Å². The topological polar surface area (TPSA) is 56.9 Å². The highest BCUT2D eigenvalue weighted by atomic mass is 16.6. The van der Waals surface area contributed by atoms with Crippen molar-refractivity contribution in [3.05, 3.63) is 60.0 Å².